The first-order chi connectivity index (χ1) is 10.8. The highest BCUT2D eigenvalue weighted by Crippen LogP contribution is 2.31. The zero-order valence-electron chi connectivity index (χ0n) is 11.5. The Hall–Kier alpha value is -1.84. The Morgan fingerprint density at radius 2 is 1.48 bits per heavy atom. The van der Waals surface area contributed by atoms with Crippen molar-refractivity contribution < 1.29 is 21.2 Å². The van der Waals surface area contributed by atoms with E-state index in [1.54, 1.807) is 30.3 Å². The van der Waals surface area contributed by atoms with E-state index in [1.165, 1.54) is 12.1 Å². The maximum atomic E-state index is 14.4. The van der Waals surface area contributed by atoms with Gasteiger partial charge in [0.2, 0.25) is 14.2 Å². The van der Waals surface area contributed by atoms with Crippen molar-refractivity contribution in [2.45, 2.75) is 14.1 Å². The number of hydrogen-bond donors (Lipinski definition) is 0. The smallest absolute Gasteiger partial charge is 0.225 e. The number of benzene rings is 2. The largest absolute Gasteiger partial charge is 0.310 e. The second-order valence-electron chi connectivity index (χ2n) is 4.62. The molecule has 2 aromatic carbocycles. The van der Waals surface area contributed by atoms with Gasteiger partial charge in [0.05, 0.1) is 15.1 Å². The summed E-state index contributed by atoms with van der Waals surface area (Å²) in [5.74, 6) is 0. The third-order valence-electron chi connectivity index (χ3n) is 3.08. The molecule has 0 N–H and O–H groups in total. The lowest BCUT2D eigenvalue weighted by atomic mass is 10.3. The van der Waals surface area contributed by atoms with Gasteiger partial charge in [0.1, 0.15) is 0 Å². The van der Waals surface area contributed by atoms with Gasteiger partial charge in [0, 0.05) is 0 Å². The summed E-state index contributed by atoms with van der Waals surface area (Å²) in [5, 5.41) is 0. The molecule has 1 aromatic heterocycles. The summed E-state index contributed by atoms with van der Waals surface area (Å²) < 4.78 is 63.4. The predicted octanol–water partition coefficient (Wildman–Crippen LogP) is 2.80. The Morgan fingerprint density at radius 1 is 0.870 bits per heavy atom. The van der Waals surface area contributed by atoms with E-state index >= 15 is 0 Å². The molecule has 0 fully saturated rings. The normalized spacial score (nSPS) is 14.0. The van der Waals surface area contributed by atoms with Crippen LogP contribution in [0.3, 0.4) is 0 Å². The molecule has 5 nitrogen and oxygen atoms in total. The molecule has 3 rings (SSSR count). The third kappa shape index (κ3) is 2.75. The van der Waals surface area contributed by atoms with E-state index in [9.17, 15) is 21.2 Å². The van der Waals surface area contributed by atoms with Gasteiger partial charge in [-0.2, -0.15) is 0 Å². The maximum Gasteiger partial charge on any atom is 0.310 e. The number of alkyl halides is 1. The first-order valence-corrected chi connectivity index (χ1v) is 10.3. The number of para-hydroxylation sites is 1. The van der Waals surface area contributed by atoms with Crippen LogP contribution in [-0.4, -0.2) is 26.7 Å². The lowest BCUT2D eigenvalue weighted by Gasteiger charge is -2.09. The van der Waals surface area contributed by atoms with Crippen LogP contribution >= 0.6 is 11.3 Å². The van der Waals surface area contributed by atoms with Crippen molar-refractivity contribution >= 4 is 41.2 Å². The molecule has 0 bridgehead atoms. The van der Waals surface area contributed by atoms with Crippen LogP contribution < -0.4 is 0 Å². The lowest BCUT2D eigenvalue weighted by Crippen LogP contribution is -2.26. The minimum absolute atomic E-state index is 0.375. The van der Waals surface area contributed by atoms with Crippen molar-refractivity contribution in [3.05, 3.63) is 54.6 Å². The van der Waals surface area contributed by atoms with Crippen LogP contribution in [0.15, 0.2) is 63.8 Å². The number of thiazole rings is 1. The van der Waals surface area contributed by atoms with Crippen LogP contribution in [0.2, 0.25) is 0 Å². The van der Waals surface area contributed by atoms with Gasteiger partial charge in [-0.15, -0.1) is 11.3 Å². The van der Waals surface area contributed by atoms with Crippen LogP contribution in [0.1, 0.15) is 0 Å². The summed E-state index contributed by atoms with van der Waals surface area (Å²) in [6, 6.07) is 13.2. The summed E-state index contributed by atoms with van der Waals surface area (Å²) in [6.45, 7) is 0. The highest BCUT2D eigenvalue weighted by Gasteiger charge is 2.42. The number of halogens is 1. The minimum atomic E-state index is -4.75. The third-order valence-corrected chi connectivity index (χ3v) is 8.86. The lowest BCUT2D eigenvalue weighted by molar-refractivity contribution is 0.477. The fourth-order valence-electron chi connectivity index (χ4n) is 1.94. The Morgan fingerprint density at radius 3 is 2.13 bits per heavy atom. The van der Waals surface area contributed by atoms with Crippen LogP contribution in [0.25, 0.3) is 10.2 Å². The number of hydrogen-bond acceptors (Lipinski definition) is 6. The molecule has 1 heterocycles. The fourth-order valence-corrected chi connectivity index (χ4v) is 6.88. The first-order valence-electron chi connectivity index (χ1n) is 6.36. The topological polar surface area (TPSA) is 81.2 Å². The van der Waals surface area contributed by atoms with E-state index in [0.717, 1.165) is 23.5 Å². The van der Waals surface area contributed by atoms with Gasteiger partial charge in [-0.3, -0.25) is 0 Å². The fraction of sp³-hybridized carbons (Fsp3) is 0.0714. The Labute approximate surface area is 136 Å². The van der Waals surface area contributed by atoms with Gasteiger partial charge < -0.3 is 0 Å². The minimum Gasteiger partial charge on any atom is -0.225 e. The van der Waals surface area contributed by atoms with Gasteiger partial charge in [0.25, 0.3) is 9.84 Å². The van der Waals surface area contributed by atoms with Gasteiger partial charge in [-0.1, -0.05) is 30.3 Å². The molecule has 0 saturated carbocycles. The van der Waals surface area contributed by atoms with E-state index in [1.807, 2.05) is 0 Å². The summed E-state index contributed by atoms with van der Waals surface area (Å²) in [6.07, 6.45) is 0. The average molecular weight is 371 g/mol. The SMILES string of the molecule is O=S(=O)(c1ccccc1)C(F)S(=O)(=O)c1nc2ccccc2s1. The van der Waals surface area contributed by atoms with Gasteiger partial charge in [0.15, 0.2) is 0 Å². The molecule has 9 heteroatoms. The van der Waals surface area contributed by atoms with E-state index in [4.69, 9.17) is 0 Å². The predicted molar refractivity (Wildman–Crippen MR) is 85.3 cm³/mol. The number of rotatable bonds is 4. The molecule has 0 aliphatic carbocycles. The van der Waals surface area contributed by atoms with Crippen LogP contribution in [0, 0.1) is 0 Å². The molecule has 0 spiro atoms. The zero-order chi connectivity index (χ0) is 16.7. The van der Waals surface area contributed by atoms with Gasteiger partial charge >= 0.3 is 4.84 Å². The van der Waals surface area contributed by atoms with E-state index < -0.39 is 33.7 Å². The van der Waals surface area contributed by atoms with Crippen LogP contribution in [0.4, 0.5) is 4.39 Å². The van der Waals surface area contributed by atoms with E-state index in [2.05, 4.69) is 4.98 Å². The van der Waals surface area contributed by atoms with Gasteiger partial charge in [-0.25, -0.2) is 26.2 Å². The molecular weight excluding hydrogens is 361 g/mol. The number of nitrogens with zero attached hydrogens (tertiary/aromatic N) is 1. The van der Waals surface area contributed by atoms with E-state index in [-0.39, 0.29) is 0 Å². The second-order valence-corrected chi connectivity index (χ2v) is 10.1. The molecule has 23 heavy (non-hydrogen) atoms. The summed E-state index contributed by atoms with van der Waals surface area (Å²) in [7, 11) is -9.42. The Bertz CT molecular complexity index is 1030. The summed E-state index contributed by atoms with van der Waals surface area (Å²) in [4.78, 5) is 0.348. The standard InChI is InChI=1S/C14H10FNO4S3/c15-13(22(17,18)10-6-2-1-3-7-10)23(19,20)14-16-11-8-4-5-9-12(11)21-14/h1-9,13H. The average Bonchev–Trinajstić information content (AvgIpc) is 3.00. The number of fused-ring (bicyclic) bond motifs is 1. The van der Waals surface area contributed by atoms with Crippen LogP contribution in [-0.2, 0) is 19.7 Å². The summed E-state index contributed by atoms with van der Waals surface area (Å²) >= 11 is 0.740. The Balaban J connectivity index is 2.08. The van der Waals surface area contributed by atoms with Crippen molar-refractivity contribution in [2.24, 2.45) is 0 Å². The zero-order valence-corrected chi connectivity index (χ0v) is 13.9. The molecule has 0 saturated heterocycles. The van der Waals surface area contributed by atoms with E-state index in [0.29, 0.717) is 10.2 Å². The highest BCUT2D eigenvalue weighted by atomic mass is 32.3. The molecule has 1 unspecified atom stereocenters. The highest BCUT2D eigenvalue weighted by molar-refractivity contribution is 8.09. The van der Waals surface area contributed by atoms with Crippen LogP contribution in [0.5, 0.6) is 0 Å². The summed E-state index contributed by atoms with van der Waals surface area (Å²) in [5.41, 5.74) is 0.375. The van der Waals surface area contributed by atoms with Crippen molar-refractivity contribution in [3.63, 3.8) is 0 Å². The van der Waals surface area contributed by atoms with Crippen molar-refractivity contribution in [3.8, 4) is 0 Å². The molecule has 3 aromatic rings. The Kier molecular flexibility index (Phi) is 3.95. The molecule has 0 aliphatic heterocycles. The second kappa shape index (κ2) is 5.66. The first kappa shape index (κ1) is 16.0. The maximum absolute atomic E-state index is 14.4. The van der Waals surface area contributed by atoms with Crippen molar-refractivity contribution in [2.75, 3.05) is 0 Å². The number of sulfone groups is 2. The van der Waals surface area contributed by atoms with Crippen molar-refractivity contribution in [1.82, 2.24) is 4.98 Å². The number of aromatic nitrogens is 1. The quantitative estimate of drug-likeness (QED) is 0.704. The molecule has 120 valence electrons. The molecule has 0 aliphatic rings. The monoisotopic (exact) mass is 371 g/mol. The van der Waals surface area contributed by atoms with Crippen molar-refractivity contribution in [1.29, 1.82) is 0 Å². The molecule has 0 radical (unpaired) electrons. The van der Waals surface area contributed by atoms with Gasteiger partial charge in [-0.05, 0) is 24.3 Å². The molecule has 1 atom stereocenters. The molecule has 0 amide bonds. The molecular formula is C14H10FNO4S3.